The third kappa shape index (κ3) is 3.47. The standard InChI is InChI=1S/C22H29N5OS/c1-13-5-4-6-14(2)19(13)27-21(24-25-26-27)29-15(3)20(28)23-22-10-16-7-17(11-22)9-18(8-16)12-22/h4-6,15-18H,7-12H2,1-3H3,(H,23,28). The quantitative estimate of drug-likeness (QED) is 0.757. The number of thioether (sulfide) groups is 1. The second kappa shape index (κ2) is 7.11. The zero-order chi connectivity index (χ0) is 20.2. The molecule has 4 bridgehead atoms. The number of aryl methyl sites for hydroxylation is 2. The van der Waals surface area contributed by atoms with Gasteiger partial charge in [-0.3, -0.25) is 4.79 Å². The number of rotatable bonds is 5. The number of para-hydroxylation sites is 1. The Bertz CT molecular complexity index is 883. The minimum absolute atomic E-state index is 0.0409. The van der Waals surface area contributed by atoms with Crippen molar-refractivity contribution < 1.29 is 4.79 Å². The van der Waals surface area contributed by atoms with Crippen molar-refractivity contribution in [1.29, 1.82) is 0 Å². The summed E-state index contributed by atoms with van der Waals surface area (Å²) in [6.07, 6.45) is 7.64. The molecule has 1 N–H and O–H groups in total. The highest BCUT2D eigenvalue weighted by atomic mass is 32.2. The van der Waals surface area contributed by atoms with Crippen molar-refractivity contribution in [3.05, 3.63) is 29.3 Å². The minimum Gasteiger partial charge on any atom is -0.350 e. The summed E-state index contributed by atoms with van der Waals surface area (Å²) >= 11 is 1.44. The molecular formula is C22H29N5OS. The SMILES string of the molecule is Cc1cccc(C)c1-n1nnnc1SC(C)C(=O)NC12CC3CC(CC(C3)C1)C2. The largest absolute Gasteiger partial charge is 0.350 e. The molecule has 1 aromatic heterocycles. The van der Waals surface area contributed by atoms with Gasteiger partial charge in [-0.2, -0.15) is 4.68 Å². The first kappa shape index (κ1) is 19.1. The maximum atomic E-state index is 13.1. The topological polar surface area (TPSA) is 72.7 Å². The zero-order valence-corrected chi connectivity index (χ0v) is 18.2. The number of nitrogens with one attached hydrogen (secondary N) is 1. The van der Waals surface area contributed by atoms with Crippen LogP contribution in [-0.2, 0) is 4.79 Å². The Morgan fingerprint density at radius 2 is 1.72 bits per heavy atom. The lowest BCUT2D eigenvalue weighted by Gasteiger charge is -2.57. The lowest BCUT2D eigenvalue weighted by Crippen LogP contribution is -2.60. The van der Waals surface area contributed by atoms with Gasteiger partial charge in [-0.1, -0.05) is 30.0 Å². The molecule has 4 aliphatic rings. The van der Waals surface area contributed by atoms with Gasteiger partial charge in [0.2, 0.25) is 11.1 Å². The molecule has 29 heavy (non-hydrogen) atoms. The van der Waals surface area contributed by atoms with Gasteiger partial charge in [-0.25, -0.2) is 0 Å². The molecule has 6 rings (SSSR count). The smallest absolute Gasteiger partial charge is 0.233 e. The van der Waals surface area contributed by atoms with Crippen LogP contribution < -0.4 is 5.32 Å². The van der Waals surface area contributed by atoms with Crippen molar-refractivity contribution in [3.8, 4) is 5.69 Å². The molecule has 0 spiro atoms. The summed E-state index contributed by atoms with van der Waals surface area (Å²) in [7, 11) is 0. The molecule has 1 amide bonds. The van der Waals surface area contributed by atoms with Crippen LogP contribution in [0.1, 0.15) is 56.6 Å². The molecule has 1 unspecified atom stereocenters. The molecule has 4 saturated carbocycles. The number of benzene rings is 1. The highest BCUT2D eigenvalue weighted by Crippen LogP contribution is 2.55. The monoisotopic (exact) mass is 411 g/mol. The second-order valence-corrected chi connectivity index (χ2v) is 10.9. The van der Waals surface area contributed by atoms with E-state index in [2.05, 4.69) is 46.8 Å². The minimum atomic E-state index is -0.239. The average Bonchev–Trinajstić information content (AvgIpc) is 3.07. The van der Waals surface area contributed by atoms with Crippen LogP contribution in [0.4, 0.5) is 0 Å². The normalized spacial score (nSPS) is 31.1. The second-order valence-electron chi connectivity index (χ2n) is 9.56. The molecule has 4 fully saturated rings. The van der Waals surface area contributed by atoms with E-state index in [1.54, 1.807) is 4.68 Å². The molecular weight excluding hydrogens is 382 g/mol. The Kier molecular flexibility index (Phi) is 4.68. The van der Waals surface area contributed by atoms with Crippen LogP contribution >= 0.6 is 11.8 Å². The van der Waals surface area contributed by atoms with E-state index in [9.17, 15) is 4.79 Å². The molecule has 2 aromatic rings. The van der Waals surface area contributed by atoms with E-state index in [1.165, 1.54) is 50.3 Å². The van der Waals surface area contributed by atoms with E-state index in [1.807, 2.05) is 13.0 Å². The number of aromatic nitrogens is 4. The van der Waals surface area contributed by atoms with E-state index in [-0.39, 0.29) is 16.7 Å². The van der Waals surface area contributed by atoms with E-state index < -0.39 is 0 Å². The van der Waals surface area contributed by atoms with Crippen molar-refractivity contribution in [1.82, 2.24) is 25.5 Å². The van der Waals surface area contributed by atoms with Crippen molar-refractivity contribution in [3.63, 3.8) is 0 Å². The lowest BCUT2D eigenvalue weighted by atomic mass is 9.53. The van der Waals surface area contributed by atoms with E-state index in [4.69, 9.17) is 0 Å². The highest BCUT2D eigenvalue weighted by molar-refractivity contribution is 8.00. The molecule has 1 heterocycles. The molecule has 0 aliphatic heterocycles. The Morgan fingerprint density at radius 1 is 1.14 bits per heavy atom. The predicted octanol–water partition coefficient (Wildman–Crippen LogP) is 3.84. The third-order valence-corrected chi connectivity index (χ3v) is 8.20. The molecule has 4 aliphatic carbocycles. The average molecular weight is 412 g/mol. The summed E-state index contributed by atoms with van der Waals surface area (Å²) in [5, 5.41) is 16.2. The van der Waals surface area contributed by atoms with Crippen LogP contribution in [-0.4, -0.2) is 36.9 Å². The molecule has 7 heteroatoms. The molecule has 0 radical (unpaired) electrons. The van der Waals surface area contributed by atoms with Gasteiger partial charge in [-0.15, -0.1) is 5.10 Å². The van der Waals surface area contributed by atoms with Gasteiger partial charge < -0.3 is 5.32 Å². The molecule has 1 aromatic carbocycles. The first-order valence-corrected chi connectivity index (χ1v) is 11.6. The first-order chi connectivity index (χ1) is 13.9. The van der Waals surface area contributed by atoms with Crippen molar-refractivity contribution in [2.24, 2.45) is 17.8 Å². The summed E-state index contributed by atoms with van der Waals surface area (Å²) in [5.74, 6) is 2.58. The van der Waals surface area contributed by atoms with Gasteiger partial charge >= 0.3 is 0 Å². The van der Waals surface area contributed by atoms with Crippen molar-refractivity contribution >= 4 is 17.7 Å². The Hall–Kier alpha value is -1.89. The first-order valence-electron chi connectivity index (χ1n) is 10.8. The number of amides is 1. The summed E-state index contributed by atoms with van der Waals surface area (Å²) in [5.41, 5.74) is 3.27. The summed E-state index contributed by atoms with van der Waals surface area (Å²) < 4.78 is 1.77. The van der Waals surface area contributed by atoms with Gasteiger partial charge in [0.15, 0.2) is 0 Å². The predicted molar refractivity (Wildman–Crippen MR) is 113 cm³/mol. The van der Waals surface area contributed by atoms with Gasteiger partial charge in [-0.05, 0) is 98.6 Å². The van der Waals surface area contributed by atoms with Gasteiger partial charge in [0.1, 0.15) is 0 Å². The summed E-state index contributed by atoms with van der Waals surface area (Å²) in [6.45, 7) is 6.08. The number of carbonyl (C=O) groups excluding carboxylic acids is 1. The number of hydrogen-bond donors (Lipinski definition) is 1. The van der Waals surface area contributed by atoms with Crippen LogP contribution in [0.15, 0.2) is 23.4 Å². The van der Waals surface area contributed by atoms with Crippen molar-refractivity contribution in [2.45, 2.75) is 75.2 Å². The summed E-state index contributed by atoms with van der Waals surface area (Å²) in [6, 6.07) is 6.15. The van der Waals surface area contributed by atoms with Crippen LogP contribution in [0.25, 0.3) is 5.69 Å². The van der Waals surface area contributed by atoms with Crippen molar-refractivity contribution in [2.75, 3.05) is 0 Å². The van der Waals surface area contributed by atoms with Gasteiger partial charge in [0, 0.05) is 5.54 Å². The van der Waals surface area contributed by atoms with Crippen LogP contribution in [0, 0.1) is 31.6 Å². The zero-order valence-electron chi connectivity index (χ0n) is 17.4. The fourth-order valence-corrected chi connectivity index (χ4v) is 7.16. The molecule has 0 saturated heterocycles. The van der Waals surface area contributed by atoms with Crippen LogP contribution in [0.5, 0.6) is 0 Å². The fraction of sp³-hybridized carbons (Fsp3) is 0.636. The number of carbonyl (C=O) groups is 1. The molecule has 1 atom stereocenters. The lowest BCUT2D eigenvalue weighted by molar-refractivity contribution is -0.126. The summed E-state index contributed by atoms with van der Waals surface area (Å²) in [4.78, 5) is 13.1. The van der Waals surface area contributed by atoms with Gasteiger partial charge in [0.25, 0.3) is 0 Å². The number of hydrogen-bond acceptors (Lipinski definition) is 5. The Balaban J connectivity index is 1.31. The van der Waals surface area contributed by atoms with Gasteiger partial charge in [0.05, 0.1) is 10.9 Å². The van der Waals surface area contributed by atoms with Crippen LogP contribution in [0.2, 0.25) is 0 Å². The highest BCUT2D eigenvalue weighted by Gasteiger charge is 2.51. The Labute approximate surface area is 176 Å². The Morgan fingerprint density at radius 3 is 2.31 bits per heavy atom. The van der Waals surface area contributed by atoms with Crippen LogP contribution in [0.3, 0.4) is 0 Å². The van der Waals surface area contributed by atoms with E-state index in [0.717, 1.165) is 34.6 Å². The molecule has 154 valence electrons. The maximum absolute atomic E-state index is 13.1. The molecule has 6 nitrogen and oxygen atoms in total. The van der Waals surface area contributed by atoms with E-state index >= 15 is 0 Å². The fourth-order valence-electron chi connectivity index (χ4n) is 6.37. The number of nitrogens with zero attached hydrogens (tertiary/aromatic N) is 4. The third-order valence-electron chi connectivity index (χ3n) is 7.17. The number of tetrazole rings is 1. The maximum Gasteiger partial charge on any atom is 0.233 e. The van der Waals surface area contributed by atoms with E-state index in [0.29, 0.717) is 5.16 Å².